The average molecular weight is 440 g/mol. The highest BCUT2D eigenvalue weighted by Gasteiger charge is 2.35. The fourth-order valence-corrected chi connectivity index (χ4v) is 5.08. The molecule has 0 radical (unpaired) electrons. The van der Waals surface area contributed by atoms with Crippen molar-refractivity contribution < 1.29 is 19.0 Å². The standard InChI is InChI=1S/C23H25N3O4S/c1-13-19-21(15-11-17(28-3)20(30-5)18(12-15)29-4)31-14(2)23(27)24-22(19)26(25-13)16-9-7-6-8-10-16/h6-12,14,21H,1-5H3,(H,24,27)/t14-,21+/m1/s1. The number of fused-ring (bicyclic) bond motifs is 1. The summed E-state index contributed by atoms with van der Waals surface area (Å²) in [6.07, 6.45) is 0. The van der Waals surface area contributed by atoms with Crippen molar-refractivity contribution in [2.45, 2.75) is 24.3 Å². The molecular formula is C23H25N3O4S. The largest absolute Gasteiger partial charge is 0.493 e. The highest BCUT2D eigenvalue weighted by atomic mass is 32.2. The maximum absolute atomic E-state index is 12.9. The molecule has 1 amide bonds. The molecule has 0 unspecified atom stereocenters. The third kappa shape index (κ3) is 3.72. The number of thioether (sulfide) groups is 1. The lowest BCUT2D eigenvalue weighted by Crippen LogP contribution is -2.22. The molecule has 0 fully saturated rings. The van der Waals surface area contributed by atoms with Crippen molar-refractivity contribution in [2.24, 2.45) is 0 Å². The van der Waals surface area contributed by atoms with Gasteiger partial charge < -0.3 is 19.5 Å². The first kappa shape index (κ1) is 21.1. The first-order valence-corrected chi connectivity index (χ1v) is 10.8. The number of ether oxygens (including phenoxy) is 3. The van der Waals surface area contributed by atoms with Crippen LogP contribution in [-0.4, -0.2) is 42.3 Å². The van der Waals surface area contributed by atoms with Crippen molar-refractivity contribution in [1.29, 1.82) is 0 Å². The number of methoxy groups -OCH3 is 3. The van der Waals surface area contributed by atoms with Crippen LogP contribution in [0.25, 0.3) is 5.69 Å². The molecule has 1 N–H and O–H groups in total. The zero-order chi connectivity index (χ0) is 22.1. The minimum atomic E-state index is -0.264. The number of hydrogen-bond donors (Lipinski definition) is 1. The zero-order valence-electron chi connectivity index (χ0n) is 18.1. The van der Waals surface area contributed by atoms with Crippen LogP contribution in [0.1, 0.15) is 29.0 Å². The molecule has 4 rings (SSSR count). The number of rotatable bonds is 5. The fourth-order valence-electron chi connectivity index (χ4n) is 3.78. The highest BCUT2D eigenvalue weighted by molar-refractivity contribution is 8.01. The first-order chi connectivity index (χ1) is 15.0. The lowest BCUT2D eigenvalue weighted by molar-refractivity contribution is -0.115. The summed E-state index contributed by atoms with van der Waals surface area (Å²) in [6, 6.07) is 13.7. The molecule has 2 aromatic carbocycles. The van der Waals surface area contributed by atoms with E-state index in [1.807, 2.05) is 56.3 Å². The van der Waals surface area contributed by atoms with E-state index >= 15 is 0 Å². The number of amides is 1. The monoisotopic (exact) mass is 439 g/mol. The number of aromatic nitrogens is 2. The summed E-state index contributed by atoms with van der Waals surface area (Å²) in [5.41, 5.74) is 3.63. The summed E-state index contributed by atoms with van der Waals surface area (Å²) < 4.78 is 18.4. The van der Waals surface area contributed by atoms with Crippen LogP contribution < -0.4 is 19.5 Å². The third-order valence-electron chi connectivity index (χ3n) is 5.31. The summed E-state index contributed by atoms with van der Waals surface area (Å²) in [5, 5.41) is 7.43. The van der Waals surface area contributed by atoms with E-state index in [4.69, 9.17) is 19.3 Å². The molecule has 3 aromatic rings. The van der Waals surface area contributed by atoms with Crippen molar-refractivity contribution in [1.82, 2.24) is 9.78 Å². The van der Waals surface area contributed by atoms with Crippen LogP contribution in [0.5, 0.6) is 17.2 Å². The molecule has 31 heavy (non-hydrogen) atoms. The number of hydrogen-bond acceptors (Lipinski definition) is 6. The van der Waals surface area contributed by atoms with E-state index in [1.165, 1.54) is 0 Å². The molecule has 8 heteroatoms. The van der Waals surface area contributed by atoms with Crippen LogP contribution in [0.15, 0.2) is 42.5 Å². The van der Waals surface area contributed by atoms with E-state index < -0.39 is 0 Å². The second kappa shape index (κ2) is 8.55. The normalized spacial score (nSPS) is 18.0. The minimum absolute atomic E-state index is 0.0572. The van der Waals surface area contributed by atoms with Gasteiger partial charge in [-0.25, -0.2) is 4.68 Å². The SMILES string of the molecule is COc1cc([C@@H]2S[C@H](C)C(=O)Nc3c2c(C)nn3-c2ccccc2)cc(OC)c1OC. The van der Waals surface area contributed by atoms with Gasteiger partial charge in [0, 0.05) is 5.56 Å². The Kier molecular flexibility index (Phi) is 5.82. The fraction of sp³-hybridized carbons (Fsp3) is 0.304. The van der Waals surface area contributed by atoms with Crippen LogP contribution >= 0.6 is 11.8 Å². The van der Waals surface area contributed by atoms with Crippen molar-refractivity contribution >= 4 is 23.5 Å². The second-order valence-electron chi connectivity index (χ2n) is 7.20. The molecule has 2 atom stereocenters. The van der Waals surface area contributed by atoms with Crippen molar-refractivity contribution in [2.75, 3.05) is 26.6 Å². The van der Waals surface area contributed by atoms with Crippen LogP contribution in [0.4, 0.5) is 5.82 Å². The number of anilines is 1. The summed E-state index contributed by atoms with van der Waals surface area (Å²) in [6.45, 7) is 3.87. The van der Waals surface area contributed by atoms with Gasteiger partial charge in [-0.1, -0.05) is 18.2 Å². The van der Waals surface area contributed by atoms with Gasteiger partial charge in [0.1, 0.15) is 5.82 Å². The van der Waals surface area contributed by atoms with E-state index in [0.29, 0.717) is 23.1 Å². The van der Waals surface area contributed by atoms with Crippen LogP contribution in [-0.2, 0) is 4.79 Å². The Morgan fingerprint density at radius 2 is 1.68 bits per heavy atom. The number of nitrogens with zero attached hydrogens (tertiary/aromatic N) is 2. The first-order valence-electron chi connectivity index (χ1n) is 9.89. The van der Waals surface area contributed by atoms with Gasteiger partial charge in [0.15, 0.2) is 11.5 Å². The van der Waals surface area contributed by atoms with Gasteiger partial charge in [-0.3, -0.25) is 4.79 Å². The van der Waals surface area contributed by atoms with E-state index in [1.54, 1.807) is 37.8 Å². The Balaban J connectivity index is 1.93. The van der Waals surface area contributed by atoms with E-state index in [2.05, 4.69) is 5.32 Å². The van der Waals surface area contributed by atoms with Crippen LogP contribution in [0.2, 0.25) is 0 Å². The molecule has 0 saturated heterocycles. The van der Waals surface area contributed by atoms with Gasteiger partial charge in [0.25, 0.3) is 0 Å². The molecule has 162 valence electrons. The number of para-hydroxylation sites is 1. The molecule has 1 aliphatic heterocycles. The zero-order valence-corrected chi connectivity index (χ0v) is 18.9. The van der Waals surface area contributed by atoms with Gasteiger partial charge in [0.2, 0.25) is 11.7 Å². The number of nitrogens with one attached hydrogen (secondary N) is 1. The summed E-state index contributed by atoms with van der Waals surface area (Å²) >= 11 is 1.57. The van der Waals surface area contributed by atoms with Crippen LogP contribution in [0, 0.1) is 6.92 Å². The van der Waals surface area contributed by atoms with Crippen molar-refractivity contribution in [3.63, 3.8) is 0 Å². The molecule has 0 saturated carbocycles. The lowest BCUT2D eigenvalue weighted by Gasteiger charge is -2.20. The smallest absolute Gasteiger partial charge is 0.238 e. The summed E-state index contributed by atoms with van der Waals surface area (Å²) in [4.78, 5) is 12.9. The summed E-state index contributed by atoms with van der Waals surface area (Å²) in [7, 11) is 4.77. The van der Waals surface area contributed by atoms with Crippen molar-refractivity contribution in [3.05, 3.63) is 59.3 Å². The predicted octanol–water partition coefficient (Wildman–Crippen LogP) is 4.37. The average Bonchev–Trinajstić information content (AvgIpc) is 3.04. The van der Waals surface area contributed by atoms with Gasteiger partial charge in [0.05, 0.1) is 43.2 Å². The van der Waals surface area contributed by atoms with E-state index in [9.17, 15) is 4.79 Å². The third-order valence-corrected chi connectivity index (χ3v) is 6.71. The molecule has 1 aromatic heterocycles. The number of aryl methyl sites for hydroxylation is 1. The van der Waals surface area contributed by atoms with Gasteiger partial charge in [-0.15, -0.1) is 11.8 Å². The molecule has 1 aliphatic rings. The van der Waals surface area contributed by atoms with Gasteiger partial charge in [-0.05, 0) is 43.7 Å². The number of carbonyl (C=O) groups is 1. The Bertz CT molecular complexity index is 1090. The molecule has 0 aliphatic carbocycles. The Labute approximate surface area is 185 Å². The Hall–Kier alpha value is -3.13. The molecule has 0 spiro atoms. The number of carbonyl (C=O) groups excluding carboxylic acids is 1. The molecule has 2 heterocycles. The highest BCUT2D eigenvalue weighted by Crippen LogP contribution is 2.49. The Morgan fingerprint density at radius 3 is 2.26 bits per heavy atom. The van der Waals surface area contributed by atoms with E-state index in [-0.39, 0.29) is 16.4 Å². The quantitative estimate of drug-likeness (QED) is 0.636. The topological polar surface area (TPSA) is 74.6 Å². The maximum atomic E-state index is 12.9. The second-order valence-corrected chi connectivity index (χ2v) is 8.65. The maximum Gasteiger partial charge on any atom is 0.238 e. The summed E-state index contributed by atoms with van der Waals surface area (Å²) in [5.74, 6) is 2.31. The van der Waals surface area contributed by atoms with Crippen LogP contribution in [0.3, 0.4) is 0 Å². The van der Waals surface area contributed by atoms with Crippen molar-refractivity contribution in [3.8, 4) is 22.9 Å². The lowest BCUT2D eigenvalue weighted by atomic mass is 10.0. The Morgan fingerprint density at radius 1 is 1.03 bits per heavy atom. The molecule has 7 nitrogen and oxygen atoms in total. The van der Waals surface area contributed by atoms with Gasteiger partial charge >= 0.3 is 0 Å². The van der Waals surface area contributed by atoms with E-state index in [0.717, 1.165) is 22.5 Å². The van der Waals surface area contributed by atoms with Gasteiger partial charge in [-0.2, -0.15) is 5.10 Å². The minimum Gasteiger partial charge on any atom is -0.493 e. The molecular weight excluding hydrogens is 414 g/mol. The predicted molar refractivity (Wildman–Crippen MR) is 122 cm³/mol. The number of benzene rings is 2. The molecule has 0 bridgehead atoms.